The summed E-state index contributed by atoms with van der Waals surface area (Å²) < 4.78 is 1.08. The molecule has 0 saturated carbocycles. The van der Waals surface area contributed by atoms with Gasteiger partial charge in [-0.1, -0.05) is 66.2 Å². The van der Waals surface area contributed by atoms with Crippen molar-refractivity contribution in [2.24, 2.45) is 5.84 Å². The number of hydrogen-bond acceptors (Lipinski definition) is 2. The van der Waals surface area contributed by atoms with E-state index >= 15 is 0 Å². The number of benzene rings is 2. The Bertz CT molecular complexity index is 576. The van der Waals surface area contributed by atoms with Gasteiger partial charge in [-0.3, -0.25) is 5.84 Å². The molecule has 3 heteroatoms. The van der Waals surface area contributed by atoms with Crippen molar-refractivity contribution in [3.63, 3.8) is 0 Å². The van der Waals surface area contributed by atoms with Crippen molar-refractivity contribution in [2.75, 3.05) is 0 Å². The zero-order chi connectivity index (χ0) is 14.7. The molecule has 0 heterocycles. The molecule has 0 fully saturated rings. The second-order valence-electron chi connectivity index (χ2n) is 5.45. The Morgan fingerprint density at radius 3 is 2.10 bits per heavy atom. The molecule has 0 spiro atoms. The Labute approximate surface area is 129 Å². The normalized spacial score (nSPS) is 12.7. The van der Waals surface area contributed by atoms with Gasteiger partial charge in [-0.05, 0) is 41.2 Å². The van der Waals surface area contributed by atoms with Crippen molar-refractivity contribution in [3.05, 3.63) is 69.2 Å². The van der Waals surface area contributed by atoms with E-state index in [9.17, 15) is 0 Å². The predicted octanol–water partition coefficient (Wildman–Crippen LogP) is 4.43. The smallest absolute Gasteiger partial charge is 0.0721 e. The summed E-state index contributed by atoms with van der Waals surface area (Å²) in [5.74, 6) is 6.31. The van der Waals surface area contributed by atoms with Crippen LogP contribution in [0.2, 0.25) is 0 Å². The quantitative estimate of drug-likeness (QED) is 0.641. The van der Waals surface area contributed by atoms with Crippen LogP contribution in [0.1, 0.15) is 48.1 Å². The molecular weight excluding hydrogens is 312 g/mol. The van der Waals surface area contributed by atoms with Crippen LogP contribution in [-0.2, 0) is 0 Å². The molecule has 1 atom stereocenters. The highest BCUT2D eigenvalue weighted by Gasteiger charge is 2.15. The number of hydrogen-bond donors (Lipinski definition) is 2. The fraction of sp³-hybridized carbons (Fsp3) is 0.294. The highest BCUT2D eigenvalue weighted by atomic mass is 79.9. The van der Waals surface area contributed by atoms with Crippen molar-refractivity contribution < 1.29 is 0 Å². The van der Waals surface area contributed by atoms with Gasteiger partial charge < -0.3 is 0 Å². The Morgan fingerprint density at radius 2 is 1.60 bits per heavy atom. The number of aryl methyl sites for hydroxylation is 1. The van der Waals surface area contributed by atoms with E-state index in [0.717, 1.165) is 10.0 Å². The van der Waals surface area contributed by atoms with E-state index in [1.165, 1.54) is 16.7 Å². The van der Waals surface area contributed by atoms with E-state index < -0.39 is 0 Å². The summed E-state index contributed by atoms with van der Waals surface area (Å²) in [6.45, 7) is 6.48. The van der Waals surface area contributed by atoms with Crippen LogP contribution in [0.5, 0.6) is 0 Å². The van der Waals surface area contributed by atoms with Gasteiger partial charge in [0.1, 0.15) is 0 Å². The summed E-state index contributed by atoms with van der Waals surface area (Å²) in [5.41, 5.74) is 7.80. The summed E-state index contributed by atoms with van der Waals surface area (Å²) in [7, 11) is 0. The maximum absolute atomic E-state index is 5.77. The molecule has 106 valence electrons. The van der Waals surface area contributed by atoms with Crippen LogP contribution < -0.4 is 11.3 Å². The minimum Gasteiger partial charge on any atom is -0.271 e. The van der Waals surface area contributed by atoms with E-state index in [4.69, 9.17) is 5.84 Å². The standard InChI is InChI=1S/C17H21BrN2/c1-11(2)13-5-7-14(8-6-13)17(20-19)15-9-4-12(3)10-16(15)18/h4-11,17,20H,19H2,1-3H3. The van der Waals surface area contributed by atoms with E-state index in [2.05, 4.69) is 84.6 Å². The monoisotopic (exact) mass is 332 g/mol. The molecule has 0 aliphatic carbocycles. The van der Waals surface area contributed by atoms with Crippen LogP contribution in [0.25, 0.3) is 0 Å². The molecule has 0 radical (unpaired) electrons. The second kappa shape index (κ2) is 6.53. The molecule has 0 bridgehead atoms. The number of nitrogens with two attached hydrogens (primary N) is 1. The first kappa shape index (κ1) is 15.2. The summed E-state index contributed by atoms with van der Waals surface area (Å²) in [5, 5.41) is 0. The Hall–Kier alpha value is -1.16. The number of rotatable bonds is 4. The van der Waals surface area contributed by atoms with Crippen molar-refractivity contribution in [1.82, 2.24) is 5.43 Å². The van der Waals surface area contributed by atoms with Gasteiger partial charge in [0.05, 0.1) is 6.04 Å². The highest BCUT2D eigenvalue weighted by Crippen LogP contribution is 2.29. The van der Waals surface area contributed by atoms with Crippen molar-refractivity contribution in [3.8, 4) is 0 Å². The van der Waals surface area contributed by atoms with Gasteiger partial charge in [0, 0.05) is 4.47 Å². The lowest BCUT2D eigenvalue weighted by Crippen LogP contribution is -2.29. The third-order valence-electron chi connectivity index (χ3n) is 3.57. The van der Waals surface area contributed by atoms with Gasteiger partial charge >= 0.3 is 0 Å². The molecule has 0 aliphatic rings. The van der Waals surface area contributed by atoms with E-state index in [1.807, 2.05) is 0 Å². The minimum absolute atomic E-state index is 0.00816. The molecule has 0 saturated heterocycles. The summed E-state index contributed by atoms with van der Waals surface area (Å²) >= 11 is 3.63. The molecule has 0 aliphatic heterocycles. The number of hydrazine groups is 1. The van der Waals surface area contributed by atoms with E-state index in [-0.39, 0.29) is 6.04 Å². The molecule has 0 amide bonds. The first-order chi connectivity index (χ1) is 9.52. The first-order valence-electron chi connectivity index (χ1n) is 6.85. The highest BCUT2D eigenvalue weighted by molar-refractivity contribution is 9.10. The van der Waals surface area contributed by atoms with Crippen LogP contribution in [0.15, 0.2) is 46.9 Å². The maximum Gasteiger partial charge on any atom is 0.0721 e. The first-order valence-corrected chi connectivity index (χ1v) is 7.64. The fourth-order valence-corrected chi connectivity index (χ4v) is 3.03. The Morgan fingerprint density at radius 1 is 1.00 bits per heavy atom. The molecule has 2 aromatic carbocycles. The minimum atomic E-state index is -0.00816. The van der Waals surface area contributed by atoms with E-state index in [1.54, 1.807) is 0 Å². The van der Waals surface area contributed by atoms with Gasteiger partial charge in [0.2, 0.25) is 0 Å². The zero-order valence-electron chi connectivity index (χ0n) is 12.2. The molecule has 2 nitrogen and oxygen atoms in total. The average molecular weight is 333 g/mol. The summed E-state index contributed by atoms with van der Waals surface area (Å²) in [6, 6.07) is 15.0. The second-order valence-corrected chi connectivity index (χ2v) is 6.30. The third-order valence-corrected chi connectivity index (χ3v) is 4.26. The maximum atomic E-state index is 5.77. The van der Waals surface area contributed by atoms with Gasteiger partial charge in [0.25, 0.3) is 0 Å². The Kier molecular flexibility index (Phi) is 4.97. The van der Waals surface area contributed by atoms with Crippen LogP contribution in [-0.4, -0.2) is 0 Å². The lowest BCUT2D eigenvalue weighted by molar-refractivity contribution is 0.634. The lowest BCUT2D eigenvalue weighted by Gasteiger charge is -2.19. The topological polar surface area (TPSA) is 38.0 Å². The molecule has 3 N–H and O–H groups in total. The lowest BCUT2D eigenvalue weighted by atomic mass is 9.95. The molecular formula is C17H21BrN2. The zero-order valence-corrected chi connectivity index (χ0v) is 13.7. The predicted molar refractivity (Wildman–Crippen MR) is 88.6 cm³/mol. The molecule has 2 rings (SSSR count). The van der Waals surface area contributed by atoms with Crippen LogP contribution >= 0.6 is 15.9 Å². The average Bonchev–Trinajstić information content (AvgIpc) is 2.42. The number of halogens is 1. The summed E-state index contributed by atoms with van der Waals surface area (Å²) in [4.78, 5) is 0. The van der Waals surface area contributed by atoms with Gasteiger partial charge in [-0.25, -0.2) is 5.43 Å². The van der Waals surface area contributed by atoms with Crippen molar-refractivity contribution in [2.45, 2.75) is 32.7 Å². The molecule has 0 aromatic heterocycles. The van der Waals surface area contributed by atoms with Gasteiger partial charge in [-0.15, -0.1) is 0 Å². The number of nitrogens with one attached hydrogen (secondary N) is 1. The SMILES string of the molecule is Cc1ccc(C(NN)c2ccc(C(C)C)cc2)c(Br)c1. The molecule has 2 aromatic rings. The van der Waals surface area contributed by atoms with Crippen LogP contribution in [0, 0.1) is 6.92 Å². The largest absolute Gasteiger partial charge is 0.271 e. The Balaban J connectivity index is 2.36. The molecule has 20 heavy (non-hydrogen) atoms. The van der Waals surface area contributed by atoms with Crippen LogP contribution in [0.4, 0.5) is 0 Å². The van der Waals surface area contributed by atoms with Crippen molar-refractivity contribution >= 4 is 15.9 Å². The van der Waals surface area contributed by atoms with Gasteiger partial charge in [-0.2, -0.15) is 0 Å². The third kappa shape index (κ3) is 3.29. The fourth-order valence-electron chi connectivity index (χ4n) is 2.31. The summed E-state index contributed by atoms with van der Waals surface area (Å²) in [6.07, 6.45) is 0. The van der Waals surface area contributed by atoms with Crippen molar-refractivity contribution in [1.29, 1.82) is 0 Å². The van der Waals surface area contributed by atoms with Gasteiger partial charge in [0.15, 0.2) is 0 Å². The van der Waals surface area contributed by atoms with E-state index in [0.29, 0.717) is 5.92 Å². The van der Waals surface area contributed by atoms with Crippen LogP contribution in [0.3, 0.4) is 0 Å². The molecule has 1 unspecified atom stereocenters.